The van der Waals surface area contributed by atoms with Gasteiger partial charge < -0.3 is 24.9 Å². The van der Waals surface area contributed by atoms with Gasteiger partial charge in [0.1, 0.15) is 6.33 Å². The van der Waals surface area contributed by atoms with Crippen molar-refractivity contribution >= 4 is 26.9 Å². The Bertz CT molecular complexity index is 912. The van der Waals surface area contributed by atoms with Crippen molar-refractivity contribution in [1.82, 2.24) is 9.55 Å². The number of imidazole rings is 1. The molecule has 1 heterocycles. The number of halogens is 1. The van der Waals surface area contributed by atoms with Gasteiger partial charge >= 0.3 is 20.1 Å². The monoisotopic (exact) mass is 820 g/mol. The van der Waals surface area contributed by atoms with Crippen LogP contribution in [0.25, 0.3) is 16.7 Å². The maximum Gasteiger partial charge on any atom is 3.00 e. The van der Waals surface area contributed by atoms with Crippen LogP contribution < -0.4 is 17.0 Å². The second-order valence-corrected chi connectivity index (χ2v) is 18.9. The average Bonchev–Trinajstić information content (AvgIpc) is 3.24. The van der Waals surface area contributed by atoms with E-state index in [1.54, 1.807) is 0 Å². The minimum absolute atomic E-state index is 0. The van der Waals surface area contributed by atoms with Crippen molar-refractivity contribution in [2.24, 2.45) is 0 Å². The van der Waals surface area contributed by atoms with E-state index in [9.17, 15) is 0 Å². The Balaban J connectivity index is -0.000000151. The van der Waals surface area contributed by atoms with Gasteiger partial charge in [-0.2, -0.15) is 0 Å². The summed E-state index contributed by atoms with van der Waals surface area (Å²) in [6, 6.07) is 18.4. The molecule has 39 heavy (non-hydrogen) atoms. The molecule has 3 nitrogen and oxygen atoms in total. The van der Waals surface area contributed by atoms with E-state index in [1.165, 1.54) is 0 Å². The van der Waals surface area contributed by atoms with E-state index >= 15 is 0 Å². The topological polar surface area (TPSA) is 38.0 Å². The standard InChI is InChI=1S/C13H10N2.2C9H21P.CH4O.BrH.Ir.2H/c1-2-6-11(7-3-1)15-10-14-12-8-4-5-9-13(12)15;2*1-7(2)10(8(3)4)9(5)6;1-2;;;;/h1-10H;2*7-9H,1-6H3;2H,1H3;1H;;;/q;;;;;+3;2*-1/p-1. The molecule has 0 unspecified atom stereocenters. The fraction of sp³-hybridized carbons (Fsp3) is 0.594. The summed E-state index contributed by atoms with van der Waals surface area (Å²) < 4.78 is 2.09. The molecule has 7 heteroatoms. The van der Waals surface area contributed by atoms with Crippen LogP contribution in [0.2, 0.25) is 0 Å². The zero-order valence-electron chi connectivity index (χ0n) is 28.7. The Morgan fingerprint density at radius 2 is 0.923 bits per heavy atom. The first-order valence-electron chi connectivity index (χ1n) is 13.8. The predicted octanol–water partition coefficient (Wildman–Crippen LogP) is 7.25. The minimum atomic E-state index is 0. The number of rotatable bonds is 7. The van der Waals surface area contributed by atoms with Crippen LogP contribution in [0.15, 0.2) is 60.9 Å². The number of hydrogen-bond acceptors (Lipinski definition) is 2. The SMILES string of the molecule is CC(C)P(C(C)C)C(C)C.CC(C)P(C(C)C)C(C)C.CO.[Br-].[H-].[H-].[Ir+3].c1ccc(-n2cnc3ccccc32)cc1. The first-order valence-corrected chi connectivity index (χ1v) is 16.9. The molecule has 3 aromatic rings. The quantitative estimate of drug-likeness (QED) is 0.256. The fourth-order valence-corrected chi connectivity index (χ4v) is 12.5. The molecule has 0 amide bonds. The molecule has 0 aliphatic heterocycles. The van der Waals surface area contributed by atoms with Crippen LogP contribution in [0.3, 0.4) is 0 Å². The summed E-state index contributed by atoms with van der Waals surface area (Å²) in [7, 11) is 1.52. The molecule has 0 atom stereocenters. The van der Waals surface area contributed by atoms with E-state index in [4.69, 9.17) is 5.11 Å². The van der Waals surface area contributed by atoms with Gasteiger partial charge in [0.2, 0.25) is 0 Å². The molecule has 0 aliphatic carbocycles. The van der Waals surface area contributed by atoms with Crippen LogP contribution in [0.1, 0.15) is 85.9 Å². The zero-order chi connectivity index (χ0) is 28.7. The number of hydrogen-bond donors (Lipinski definition) is 1. The molecule has 228 valence electrons. The molecule has 3 rings (SSSR count). The molecule has 0 saturated heterocycles. The van der Waals surface area contributed by atoms with Crippen LogP contribution >= 0.6 is 15.8 Å². The van der Waals surface area contributed by atoms with Gasteiger partial charge in [-0.15, -0.1) is 0 Å². The molecular weight excluding hydrogens is 762 g/mol. The molecule has 0 aliphatic rings. The zero-order valence-corrected chi connectivity index (χ0v) is 32.5. The number of aliphatic hydroxyl groups is 1. The summed E-state index contributed by atoms with van der Waals surface area (Å²) in [5.74, 6) is 0. The van der Waals surface area contributed by atoms with E-state index in [0.29, 0.717) is 0 Å². The average molecular weight is 821 g/mol. The van der Waals surface area contributed by atoms with Crippen molar-refractivity contribution in [2.75, 3.05) is 7.11 Å². The van der Waals surface area contributed by atoms with Gasteiger partial charge in [-0.25, -0.2) is 4.98 Å². The van der Waals surface area contributed by atoms with Crippen molar-refractivity contribution in [3.05, 3.63) is 60.9 Å². The van der Waals surface area contributed by atoms with Crippen molar-refractivity contribution in [3.63, 3.8) is 0 Å². The van der Waals surface area contributed by atoms with Crippen LogP contribution in [-0.2, 0) is 20.1 Å². The van der Waals surface area contributed by atoms with Gasteiger partial charge in [0.05, 0.1) is 11.0 Å². The largest absolute Gasteiger partial charge is 3.00 e. The molecule has 0 radical (unpaired) electrons. The van der Waals surface area contributed by atoms with E-state index in [-0.39, 0.29) is 55.8 Å². The number of aliphatic hydroxyl groups excluding tert-OH is 1. The molecular formula is C32H58BrIrN2OP2. The van der Waals surface area contributed by atoms with E-state index in [0.717, 1.165) is 57.8 Å². The second-order valence-electron chi connectivity index (χ2n) is 10.9. The van der Waals surface area contributed by atoms with E-state index in [1.807, 2.05) is 42.7 Å². The van der Waals surface area contributed by atoms with Gasteiger partial charge in [-0.05, 0) is 58.2 Å². The number of fused-ring (bicyclic) bond motifs is 1. The maximum atomic E-state index is 7.00. The predicted molar refractivity (Wildman–Crippen MR) is 176 cm³/mol. The smallest absolute Gasteiger partial charge is 1.00 e. The minimum Gasteiger partial charge on any atom is -1.00 e. The summed E-state index contributed by atoms with van der Waals surface area (Å²) in [6.45, 7) is 28.2. The molecule has 0 fully saturated rings. The summed E-state index contributed by atoms with van der Waals surface area (Å²) in [6.07, 6.45) is 1.86. The number of aromatic nitrogens is 2. The second kappa shape index (κ2) is 23.4. The van der Waals surface area contributed by atoms with Gasteiger partial charge in [0, 0.05) is 12.8 Å². The Kier molecular flexibility index (Phi) is 26.0. The normalized spacial score (nSPS) is 10.7. The van der Waals surface area contributed by atoms with Gasteiger partial charge in [0.25, 0.3) is 0 Å². The fourth-order valence-electron chi connectivity index (χ4n) is 5.33. The van der Waals surface area contributed by atoms with Crippen molar-refractivity contribution < 1.29 is 45.0 Å². The van der Waals surface area contributed by atoms with Crippen LogP contribution in [0.4, 0.5) is 0 Å². The first kappa shape index (κ1) is 43.3. The van der Waals surface area contributed by atoms with Gasteiger partial charge in [-0.1, -0.05) is 129 Å². The molecule has 2 aromatic carbocycles. The third kappa shape index (κ3) is 15.6. The van der Waals surface area contributed by atoms with Crippen LogP contribution in [0.5, 0.6) is 0 Å². The Morgan fingerprint density at radius 1 is 0.590 bits per heavy atom. The molecule has 1 N–H and O–H groups in total. The Labute approximate surface area is 271 Å². The number of para-hydroxylation sites is 3. The van der Waals surface area contributed by atoms with Crippen molar-refractivity contribution in [3.8, 4) is 5.69 Å². The maximum absolute atomic E-state index is 7.00. The van der Waals surface area contributed by atoms with Crippen LogP contribution in [0, 0.1) is 0 Å². The van der Waals surface area contributed by atoms with Crippen LogP contribution in [-0.4, -0.2) is 55.7 Å². The van der Waals surface area contributed by atoms with Gasteiger partial charge in [0.15, 0.2) is 0 Å². The Hall–Kier alpha value is -0.141. The van der Waals surface area contributed by atoms with Gasteiger partial charge in [-0.3, -0.25) is 4.57 Å². The molecule has 1 aromatic heterocycles. The number of nitrogens with zero attached hydrogens (tertiary/aromatic N) is 2. The Morgan fingerprint density at radius 3 is 1.26 bits per heavy atom. The summed E-state index contributed by atoms with van der Waals surface area (Å²) in [5, 5.41) is 7.00. The van der Waals surface area contributed by atoms with E-state index < -0.39 is 0 Å². The third-order valence-corrected chi connectivity index (χ3v) is 13.2. The molecule has 0 saturated carbocycles. The number of benzene rings is 2. The van der Waals surface area contributed by atoms with Crippen molar-refractivity contribution in [2.45, 2.75) is 117 Å². The summed E-state index contributed by atoms with van der Waals surface area (Å²) in [5.41, 5.74) is 8.70. The molecule has 0 spiro atoms. The summed E-state index contributed by atoms with van der Waals surface area (Å²) >= 11 is 0. The van der Waals surface area contributed by atoms with Crippen molar-refractivity contribution in [1.29, 1.82) is 0 Å². The summed E-state index contributed by atoms with van der Waals surface area (Å²) in [4.78, 5) is 4.36. The molecule has 0 bridgehead atoms. The van der Waals surface area contributed by atoms with E-state index in [2.05, 4.69) is 111 Å². The first-order chi connectivity index (χ1) is 17.4. The third-order valence-electron chi connectivity index (χ3n) is 6.07.